The van der Waals surface area contributed by atoms with Crippen molar-refractivity contribution < 1.29 is 28.3 Å². The zero-order valence-electron chi connectivity index (χ0n) is 12.4. The lowest BCUT2D eigenvalue weighted by atomic mass is 10.1. The number of rotatable bonds is 7. The first-order valence-corrected chi connectivity index (χ1v) is 7.79. The van der Waals surface area contributed by atoms with E-state index in [1.54, 1.807) is 24.3 Å². The Morgan fingerprint density at radius 2 is 1.71 bits per heavy atom. The van der Waals surface area contributed by atoms with Crippen molar-refractivity contribution >= 4 is 13.5 Å². The summed E-state index contributed by atoms with van der Waals surface area (Å²) in [6, 6.07) is 6.50. The van der Waals surface area contributed by atoms with Crippen LogP contribution in [0.3, 0.4) is 0 Å². The van der Waals surface area contributed by atoms with Crippen molar-refractivity contribution in [3.63, 3.8) is 0 Å². The number of methoxy groups -OCH3 is 1. The summed E-state index contributed by atoms with van der Waals surface area (Å²) in [6.07, 6.45) is -1.26. The number of carbonyl (C=O) groups is 1. The third-order valence-corrected chi connectivity index (χ3v) is 5.07. The van der Waals surface area contributed by atoms with Crippen LogP contribution in [0.25, 0.3) is 0 Å². The number of nitrogens with one attached hydrogen (secondary N) is 1. The molecule has 7 nitrogen and oxygen atoms in total. The number of hydrogen-bond donors (Lipinski definition) is 2. The molecule has 0 aliphatic carbocycles. The molecule has 2 atom stereocenters. The predicted octanol–water partition coefficient (Wildman–Crippen LogP) is 1.68. The lowest BCUT2D eigenvalue weighted by Gasteiger charge is -2.28. The topological polar surface area (TPSA) is 94.1 Å². The van der Waals surface area contributed by atoms with Crippen molar-refractivity contribution in [2.45, 2.75) is 18.8 Å². The van der Waals surface area contributed by atoms with Crippen LogP contribution < -0.4 is 10.1 Å². The molecule has 0 fully saturated rings. The van der Waals surface area contributed by atoms with Gasteiger partial charge in [0.05, 0.1) is 7.11 Å². The van der Waals surface area contributed by atoms with E-state index in [9.17, 15) is 14.5 Å². The van der Waals surface area contributed by atoms with E-state index in [1.165, 1.54) is 28.3 Å². The molecule has 8 heteroatoms. The Morgan fingerprint density at radius 1 is 1.19 bits per heavy atom. The molecular weight excluding hydrogens is 297 g/mol. The van der Waals surface area contributed by atoms with E-state index in [0.29, 0.717) is 11.3 Å². The van der Waals surface area contributed by atoms with Crippen molar-refractivity contribution in [2.75, 3.05) is 21.3 Å². The van der Waals surface area contributed by atoms with E-state index in [1.807, 2.05) is 0 Å². The third kappa shape index (κ3) is 4.28. The molecule has 0 heterocycles. The van der Waals surface area contributed by atoms with E-state index >= 15 is 0 Å². The maximum atomic E-state index is 12.5. The standard InChI is InChI=1S/C13H20NO6P/c1-9(15)14-13(21(17,19-3)20-4)12(16)10-5-7-11(18-2)8-6-10/h5-8,12-13,16H,1-4H3,(H,14,15)/t12-,13-/m0/s1. The highest BCUT2D eigenvalue weighted by atomic mass is 31.2. The van der Waals surface area contributed by atoms with Gasteiger partial charge in [0.25, 0.3) is 0 Å². The van der Waals surface area contributed by atoms with Gasteiger partial charge in [-0.05, 0) is 17.7 Å². The minimum absolute atomic E-state index is 0.448. The molecule has 1 aromatic carbocycles. The predicted molar refractivity (Wildman–Crippen MR) is 77.2 cm³/mol. The number of carbonyl (C=O) groups excluding carboxylic acids is 1. The van der Waals surface area contributed by atoms with E-state index in [4.69, 9.17) is 13.8 Å². The maximum Gasteiger partial charge on any atom is 0.355 e. The van der Waals surface area contributed by atoms with Crippen LogP contribution in [0.15, 0.2) is 24.3 Å². The van der Waals surface area contributed by atoms with Gasteiger partial charge >= 0.3 is 7.60 Å². The summed E-state index contributed by atoms with van der Waals surface area (Å²) in [5.74, 6) is -1.05. The zero-order valence-corrected chi connectivity index (χ0v) is 13.3. The summed E-state index contributed by atoms with van der Waals surface area (Å²) >= 11 is 0. The Morgan fingerprint density at radius 3 is 2.10 bits per heavy atom. The summed E-state index contributed by atoms with van der Waals surface area (Å²) in [7, 11) is 0.213. The van der Waals surface area contributed by atoms with Crippen LogP contribution in [0.4, 0.5) is 0 Å². The van der Waals surface area contributed by atoms with Crippen LogP contribution in [0, 0.1) is 0 Å². The Hall–Kier alpha value is -1.40. The van der Waals surface area contributed by atoms with E-state index in [-0.39, 0.29) is 0 Å². The number of benzene rings is 1. The second-order valence-electron chi connectivity index (χ2n) is 4.27. The van der Waals surface area contributed by atoms with Crippen molar-refractivity contribution in [2.24, 2.45) is 0 Å². The Balaban J connectivity index is 3.11. The smallest absolute Gasteiger partial charge is 0.355 e. The highest BCUT2D eigenvalue weighted by Gasteiger charge is 2.40. The van der Waals surface area contributed by atoms with E-state index in [0.717, 1.165) is 0 Å². The molecule has 0 saturated carbocycles. The maximum absolute atomic E-state index is 12.5. The molecule has 0 unspecified atom stereocenters. The molecule has 118 valence electrons. The molecule has 0 aliphatic heterocycles. The normalized spacial score (nSPS) is 14.3. The molecule has 2 N–H and O–H groups in total. The molecule has 0 aliphatic rings. The lowest BCUT2D eigenvalue weighted by molar-refractivity contribution is -0.120. The van der Waals surface area contributed by atoms with Gasteiger partial charge in [0.1, 0.15) is 11.9 Å². The summed E-state index contributed by atoms with van der Waals surface area (Å²) in [4.78, 5) is 11.3. The molecule has 0 radical (unpaired) electrons. The molecule has 1 amide bonds. The Kier molecular flexibility index (Phi) is 6.36. The van der Waals surface area contributed by atoms with Gasteiger partial charge in [-0.25, -0.2) is 0 Å². The van der Waals surface area contributed by atoms with Gasteiger partial charge < -0.3 is 24.2 Å². The number of aliphatic hydroxyl groups excluding tert-OH is 1. The van der Waals surface area contributed by atoms with Gasteiger partial charge in [0.15, 0.2) is 5.78 Å². The van der Waals surface area contributed by atoms with E-state index in [2.05, 4.69) is 5.32 Å². The Bertz CT molecular complexity index is 510. The van der Waals surface area contributed by atoms with Gasteiger partial charge in [-0.15, -0.1) is 0 Å². The minimum Gasteiger partial charge on any atom is -0.497 e. The summed E-state index contributed by atoms with van der Waals surface area (Å²) in [6.45, 7) is 1.25. The van der Waals surface area contributed by atoms with Gasteiger partial charge in [0, 0.05) is 21.1 Å². The van der Waals surface area contributed by atoms with Crippen molar-refractivity contribution in [1.82, 2.24) is 5.32 Å². The highest BCUT2D eigenvalue weighted by Crippen LogP contribution is 2.54. The highest BCUT2D eigenvalue weighted by molar-refractivity contribution is 7.54. The van der Waals surface area contributed by atoms with Crippen molar-refractivity contribution in [3.05, 3.63) is 29.8 Å². The Labute approximate surface area is 123 Å². The number of amides is 1. The van der Waals surface area contributed by atoms with Gasteiger partial charge in [-0.1, -0.05) is 12.1 Å². The quantitative estimate of drug-likeness (QED) is 0.743. The number of ether oxygens (including phenoxy) is 1. The molecule has 0 aromatic heterocycles. The molecule has 0 spiro atoms. The second-order valence-corrected chi connectivity index (χ2v) is 6.63. The van der Waals surface area contributed by atoms with Crippen LogP contribution in [-0.2, 0) is 18.4 Å². The molecule has 0 bridgehead atoms. The number of hydrogen-bond acceptors (Lipinski definition) is 6. The van der Waals surface area contributed by atoms with Crippen LogP contribution in [-0.4, -0.2) is 38.1 Å². The second kappa shape index (κ2) is 7.56. The van der Waals surface area contributed by atoms with Gasteiger partial charge in [-0.2, -0.15) is 0 Å². The number of aliphatic hydroxyl groups is 1. The first-order chi connectivity index (χ1) is 9.87. The van der Waals surface area contributed by atoms with Crippen LogP contribution in [0.5, 0.6) is 5.75 Å². The van der Waals surface area contributed by atoms with Crippen molar-refractivity contribution in [3.8, 4) is 5.75 Å². The zero-order chi connectivity index (χ0) is 16.0. The fourth-order valence-electron chi connectivity index (χ4n) is 1.82. The lowest BCUT2D eigenvalue weighted by Crippen LogP contribution is -2.38. The molecule has 21 heavy (non-hydrogen) atoms. The van der Waals surface area contributed by atoms with Gasteiger partial charge in [0.2, 0.25) is 5.91 Å². The van der Waals surface area contributed by atoms with Crippen LogP contribution in [0.1, 0.15) is 18.6 Å². The average molecular weight is 317 g/mol. The summed E-state index contributed by atoms with van der Waals surface area (Å²) in [5, 5.41) is 12.8. The monoisotopic (exact) mass is 317 g/mol. The SMILES string of the molecule is COc1ccc([C@H](O)[C@@H](NC(C)=O)P(=O)(OC)OC)cc1. The van der Waals surface area contributed by atoms with Crippen LogP contribution >= 0.6 is 7.60 Å². The third-order valence-electron chi connectivity index (χ3n) is 2.96. The minimum atomic E-state index is -3.70. The van der Waals surface area contributed by atoms with Gasteiger partial charge in [-0.3, -0.25) is 9.36 Å². The molecule has 0 saturated heterocycles. The molecular formula is C13H20NO6P. The first kappa shape index (κ1) is 17.7. The summed E-state index contributed by atoms with van der Waals surface area (Å²) < 4.78 is 27.3. The summed E-state index contributed by atoms with van der Waals surface area (Å²) in [5.41, 5.74) is 0.448. The first-order valence-electron chi connectivity index (χ1n) is 6.18. The van der Waals surface area contributed by atoms with Crippen molar-refractivity contribution in [1.29, 1.82) is 0 Å². The van der Waals surface area contributed by atoms with Crippen LogP contribution in [0.2, 0.25) is 0 Å². The van der Waals surface area contributed by atoms with E-state index < -0.39 is 25.4 Å². The molecule has 1 aromatic rings. The fraction of sp³-hybridized carbons (Fsp3) is 0.462. The average Bonchev–Trinajstić information content (AvgIpc) is 2.51. The largest absolute Gasteiger partial charge is 0.497 e. The molecule has 1 rings (SSSR count). The fourth-order valence-corrected chi connectivity index (χ4v) is 3.29.